The number of nitrogens with zero attached hydrogens (tertiary/aromatic N) is 1. The van der Waals surface area contributed by atoms with Crippen molar-refractivity contribution in [1.82, 2.24) is 4.90 Å². The lowest BCUT2D eigenvalue weighted by atomic mass is 10.1. The number of rotatable bonds is 5. The van der Waals surface area contributed by atoms with Crippen LogP contribution >= 0.6 is 23.8 Å². The molecule has 0 radical (unpaired) electrons. The van der Waals surface area contributed by atoms with E-state index in [-0.39, 0.29) is 0 Å². The van der Waals surface area contributed by atoms with Gasteiger partial charge in [0.1, 0.15) is 4.99 Å². The first-order valence-electron chi connectivity index (χ1n) is 6.82. The Morgan fingerprint density at radius 1 is 1.24 bits per heavy atom. The molecule has 1 atom stereocenters. The Balaban J connectivity index is 2.06. The van der Waals surface area contributed by atoms with Crippen LogP contribution in [0.15, 0.2) is 48.5 Å². The van der Waals surface area contributed by atoms with Gasteiger partial charge in [0.05, 0.1) is 0 Å². The van der Waals surface area contributed by atoms with Gasteiger partial charge in [0.25, 0.3) is 0 Å². The van der Waals surface area contributed by atoms with Gasteiger partial charge in [0.2, 0.25) is 0 Å². The molecule has 2 N–H and O–H groups in total. The van der Waals surface area contributed by atoms with Crippen molar-refractivity contribution >= 4 is 28.8 Å². The van der Waals surface area contributed by atoms with Crippen LogP contribution in [0.2, 0.25) is 5.02 Å². The Morgan fingerprint density at radius 2 is 1.90 bits per heavy atom. The first kappa shape index (κ1) is 16.0. The number of hydrogen-bond acceptors (Lipinski definition) is 2. The highest BCUT2D eigenvalue weighted by Crippen LogP contribution is 2.23. The molecule has 2 aromatic rings. The number of hydrogen-bond donors (Lipinski definition) is 1. The third kappa shape index (κ3) is 4.27. The Morgan fingerprint density at radius 3 is 2.48 bits per heavy atom. The molecular weight excluding hydrogens is 300 g/mol. The summed E-state index contributed by atoms with van der Waals surface area (Å²) in [6.07, 6.45) is 0. The van der Waals surface area contributed by atoms with Crippen molar-refractivity contribution in [3.63, 3.8) is 0 Å². The third-order valence-electron chi connectivity index (χ3n) is 3.66. The molecule has 21 heavy (non-hydrogen) atoms. The summed E-state index contributed by atoms with van der Waals surface area (Å²) in [5, 5.41) is 0.772. The highest BCUT2D eigenvalue weighted by Gasteiger charge is 2.12. The lowest BCUT2D eigenvalue weighted by Crippen LogP contribution is -2.22. The Kier molecular flexibility index (Phi) is 5.34. The van der Waals surface area contributed by atoms with E-state index >= 15 is 0 Å². The van der Waals surface area contributed by atoms with Gasteiger partial charge in [-0.15, -0.1) is 0 Å². The fraction of sp³-hybridized carbons (Fsp3) is 0.235. The molecule has 4 heteroatoms. The summed E-state index contributed by atoms with van der Waals surface area (Å²) in [7, 11) is 2.10. The molecule has 2 rings (SSSR count). The molecule has 0 heterocycles. The smallest absolute Gasteiger partial charge is 0.103 e. The van der Waals surface area contributed by atoms with Crippen molar-refractivity contribution < 1.29 is 0 Å². The van der Waals surface area contributed by atoms with Crippen LogP contribution in [0.1, 0.15) is 29.7 Å². The Hall–Kier alpha value is -1.42. The molecule has 0 aromatic heterocycles. The van der Waals surface area contributed by atoms with Crippen LogP contribution in [0.5, 0.6) is 0 Å². The van der Waals surface area contributed by atoms with Gasteiger partial charge in [-0.2, -0.15) is 0 Å². The molecule has 0 aliphatic carbocycles. The largest absolute Gasteiger partial charge is 0.389 e. The van der Waals surface area contributed by atoms with Crippen LogP contribution in [-0.2, 0) is 6.54 Å². The predicted molar refractivity (Wildman–Crippen MR) is 93.7 cm³/mol. The monoisotopic (exact) mass is 318 g/mol. The van der Waals surface area contributed by atoms with Crippen LogP contribution in [0, 0.1) is 0 Å². The summed E-state index contributed by atoms with van der Waals surface area (Å²) >= 11 is 11.0. The SMILES string of the molecule is CC(c1cccc(Cl)c1)N(C)Cc1ccc(C(N)=S)cc1. The van der Waals surface area contributed by atoms with E-state index in [1.54, 1.807) is 0 Å². The maximum absolute atomic E-state index is 6.06. The van der Waals surface area contributed by atoms with E-state index in [1.807, 2.05) is 30.3 Å². The van der Waals surface area contributed by atoms with E-state index in [2.05, 4.69) is 37.1 Å². The Bertz CT molecular complexity index is 625. The zero-order valence-electron chi connectivity index (χ0n) is 12.2. The Labute approximate surface area is 136 Å². The van der Waals surface area contributed by atoms with Gasteiger partial charge in [0, 0.05) is 23.2 Å². The molecule has 0 aliphatic heterocycles. The second-order valence-corrected chi connectivity index (χ2v) is 6.08. The van der Waals surface area contributed by atoms with Crippen LogP contribution in [0.4, 0.5) is 0 Å². The predicted octanol–water partition coefficient (Wildman–Crippen LogP) is 4.17. The van der Waals surface area contributed by atoms with E-state index in [1.165, 1.54) is 11.1 Å². The molecule has 0 fully saturated rings. The maximum atomic E-state index is 6.06. The summed E-state index contributed by atoms with van der Waals surface area (Å²) < 4.78 is 0. The first-order chi connectivity index (χ1) is 9.97. The van der Waals surface area contributed by atoms with Crippen LogP contribution in [-0.4, -0.2) is 16.9 Å². The van der Waals surface area contributed by atoms with Gasteiger partial charge >= 0.3 is 0 Å². The van der Waals surface area contributed by atoms with E-state index in [4.69, 9.17) is 29.6 Å². The highest BCUT2D eigenvalue weighted by molar-refractivity contribution is 7.80. The highest BCUT2D eigenvalue weighted by atomic mass is 35.5. The fourth-order valence-electron chi connectivity index (χ4n) is 2.22. The van der Waals surface area contributed by atoms with Crippen molar-refractivity contribution in [3.8, 4) is 0 Å². The molecule has 0 amide bonds. The number of nitrogens with two attached hydrogens (primary N) is 1. The van der Waals surface area contributed by atoms with E-state index < -0.39 is 0 Å². The summed E-state index contributed by atoms with van der Waals surface area (Å²) in [5.74, 6) is 0. The minimum Gasteiger partial charge on any atom is -0.389 e. The van der Waals surface area contributed by atoms with Gasteiger partial charge in [-0.25, -0.2) is 0 Å². The lowest BCUT2D eigenvalue weighted by molar-refractivity contribution is 0.253. The molecule has 110 valence electrons. The third-order valence-corrected chi connectivity index (χ3v) is 4.13. The van der Waals surface area contributed by atoms with Crippen molar-refractivity contribution in [2.24, 2.45) is 5.73 Å². The van der Waals surface area contributed by atoms with Gasteiger partial charge < -0.3 is 5.73 Å². The lowest BCUT2D eigenvalue weighted by Gasteiger charge is -2.25. The van der Waals surface area contributed by atoms with Gasteiger partial charge in [0.15, 0.2) is 0 Å². The molecule has 2 aromatic carbocycles. The standard InChI is InChI=1S/C17H19ClN2S/c1-12(15-4-3-5-16(18)10-15)20(2)11-13-6-8-14(9-7-13)17(19)21/h3-10,12H,11H2,1-2H3,(H2,19,21). The zero-order chi connectivity index (χ0) is 15.4. The van der Waals surface area contributed by atoms with E-state index in [0.717, 1.165) is 17.1 Å². The molecule has 2 nitrogen and oxygen atoms in total. The zero-order valence-corrected chi connectivity index (χ0v) is 13.8. The molecule has 0 aliphatic rings. The van der Waals surface area contributed by atoms with Gasteiger partial charge in [-0.1, -0.05) is 60.2 Å². The van der Waals surface area contributed by atoms with Gasteiger partial charge in [-0.3, -0.25) is 4.90 Å². The second kappa shape index (κ2) is 7.03. The summed E-state index contributed by atoms with van der Waals surface area (Å²) in [6, 6.07) is 16.3. The number of benzene rings is 2. The molecule has 1 unspecified atom stereocenters. The minimum absolute atomic E-state index is 0.291. The summed E-state index contributed by atoms with van der Waals surface area (Å²) in [6.45, 7) is 3.03. The summed E-state index contributed by atoms with van der Waals surface area (Å²) in [4.78, 5) is 2.71. The molecule has 0 saturated carbocycles. The normalized spacial score (nSPS) is 12.4. The van der Waals surface area contributed by atoms with Crippen molar-refractivity contribution in [3.05, 3.63) is 70.2 Å². The quantitative estimate of drug-likeness (QED) is 0.839. The van der Waals surface area contributed by atoms with Gasteiger partial charge in [-0.05, 0) is 37.2 Å². The van der Waals surface area contributed by atoms with E-state index in [9.17, 15) is 0 Å². The molecule has 0 spiro atoms. The van der Waals surface area contributed by atoms with Crippen LogP contribution in [0.25, 0.3) is 0 Å². The summed E-state index contributed by atoms with van der Waals surface area (Å²) in [5.41, 5.74) is 8.95. The minimum atomic E-state index is 0.291. The topological polar surface area (TPSA) is 29.3 Å². The second-order valence-electron chi connectivity index (χ2n) is 5.21. The van der Waals surface area contributed by atoms with Crippen molar-refractivity contribution in [2.75, 3.05) is 7.05 Å². The molecule has 0 bridgehead atoms. The first-order valence-corrected chi connectivity index (χ1v) is 7.60. The number of thiocarbonyl (C=S) groups is 1. The average molecular weight is 319 g/mol. The average Bonchev–Trinajstić information content (AvgIpc) is 2.47. The van der Waals surface area contributed by atoms with E-state index in [0.29, 0.717) is 11.0 Å². The fourth-order valence-corrected chi connectivity index (χ4v) is 2.56. The van der Waals surface area contributed by atoms with Crippen LogP contribution < -0.4 is 5.73 Å². The number of halogens is 1. The maximum Gasteiger partial charge on any atom is 0.103 e. The van der Waals surface area contributed by atoms with Crippen molar-refractivity contribution in [1.29, 1.82) is 0 Å². The molecular formula is C17H19ClN2S. The van der Waals surface area contributed by atoms with Crippen molar-refractivity contribution in [2.45, 2.75) is 19.5 Å². The van der Waals surface area contributed by atoms with Crippen LogP contribution in [0.3, 0.4) is 0 Å². The molecule has 0 saturated heterocycles.